The average molecular weight is 197 g/mol. The van der Waals surface area contributed by atoms with Crippen LogP contribution in [0.25, 0.3) is 0 Å². The van der Waals surface area contributed by atoms with Crippen molar-refractivity contribution in [1.82, 2.24) is 0 Å². The maximum Gasteiger partial charge on any atom is 0.454 e. The standard InChI is InChI=1S/C6H3N3O5/c10-6-8-7-5(14-6)3-1-2-4(13-3)9(11)12/h1-2,5H. The normalized spacial score (nSPS) is 19.7. The lowest BCUT2D eigenvalue weighted by molar-refractivity contribution is -0.402. The highest BCUT2D eigenvalue weighted by Crippen LogP contribution is 2.28. The largest absolute Gasteiger partial charge is 0.454 e. The number of carbonyl (C=O) groups is 1. The molecule has 0 fully saturated rings. The molecule has 72 valence electrons. The van der Waals surface area contributed by atoms with Gasteiger partial charge in [0.15, 0.2) is 5.76 Å². The molecule has 0 aliphatic carbocycles. The summed E-state index contributed by atoms with van der Waals surface area (Å²) in [6.07, 6.45) is -1.84. The summed E-state index contributed by atoms with van der Waals surface area (Å²) in [7, 11) is 0. The van der Waals surface area contributed by atoms with Gasteiger partial charge in [0.25, 0.3) is 6.23 Å². The monoisotopic (exact) mass is 197 g/mol. The molecule has 0 N–H and O–H groups in total. The van der Waals surface area contributed by atoms with E-state index in [2.05, 4.69) is 15.0 Å². The van der Waals surface area contributed by atoms with Crippen LogP contribution in [0.5, 0.6) is 0 Å². The Morgan fingerprint density at radius 1 is 1.50 bits per heavy atom. The summed E-state index contributed by atoms with van der Waals surface area (Å²) in [5, 5.41) is 16.7. The predicted octanol–water partition coefficient (Wildman–Crippen LogP) is 1.79. The number of amides is 1. The molecule has 0 radical (unpaired) electrons. The van der Waals surface area contributed by atoms with E-state index in [1.807, 2.05) is 0 Å². The van der Waals surface area contributed by atoms with Gasteiger partial charge in [-0.3, -0.25) is 10.1 Å². The summed E-state index contributed by atoms with van der Waals surface area (Å²) in [6.45, 7) is 0. The fourth-order valence-corrected chi connectivity index (χ4v) is 0.930. The number of hydrogen-bond acceptors (Lipinski definition) is 6. The summed E-state index contributed by atoms with van der Waals surface area (Å²) in [6, 6.07) is 2.46. The summed E-state index contributed by atoms with van der Waals surface area (Å²) < 4.78 is 9.30. The Balaban J connectivity index is 2.22. The Morgan fingerprint density at radius 2 is 2.29 bits per heavy atom. The molecule has 1 amide bonds. The van der Waals surface area contributed by atoms with Gasteiger partial charge in [-0.2, -0.15) is 0 Å². The van der Waals surface area contributed by atoms with Crippen molar-refractivity contribution in [1.29, 1.82) is 0 Å². The van der Waals surface area contributed by atoms with Crippen LogP contribution in [0.15, 0.2) is 26.8 Å². The first-order valence-corrected chi connectivity index (χ1v) is 3.52. The minimum Gasteiger partial charge on any atom is -0.411 e. The third kappa shape index (κ3) is 1.32. The first-order valence-electron chi connectivity index (χ1n) is 3.52. The topological polar surface area (TPSA) is 107 Å². The molecule has 1 aromatic rings. The number of hydrogen-bond donors (Lipinski definition) is 0. The molecular formula is C6H3N3O5. The first kappa shape index (κ1) is 8.35. The van der Waals surface area contributed by atoms with Crippen molar-refractivity contribution in [3.05, 3.63) is 28.0 Å². The number of ether oxygens (including phenoxy) is 1. The Kier molecular flexibility index (Phi) is 1.73. The van der Waals surface area contributed by atoms with Gasteiger partial charge >= 0.3 is 12.0 Å². The van der Waals surface area contributed by atoms with Gasteiger partial charge < -0.3 is 9.15 Å². The molecule has 1 unspecified atom stereocenters. The van der Waals surface area contributed by atoms with Gasteiger partial charge in [-0.25, -0.2) is 4.79 Å². The van der Waals surface area contributed by atoms with E-state index >= 15 is 0 Å². The second kappa shape index (κ2) is 2.91. The molecule has 1 atom stereocenters. The molecule has 1 aliphatic heterocycles. The molecule has 0 bridgehead atoms. The molecule has 1 aliphatic rings. The zero-order valence-corrected chi connectivity index (χ0v) is 6.61. The van der Waals surface area contributed by atoms with Crippen molar-refractivity contribution in [2.75, 3.05) is 0 Å². The molecular weight excluding hydrogens is 194 g/mol. The van der Waals surface area contributed by atoms with Crippen LogP contribution in [0.3, 0.4) is 0 Å². The molecule has 8 heteroatoms. The maximum atomic E-state index is 10.5. The lowest BCUT2D eigenvalue weighted by Crippen LogP contribution is -1.96. The van der Waals surface area contributed by atoms with E-state index in [4.69, 9.17) is 4.42 Å². The first-order chi connectivity index (χ1) is 6.66. The highest BCUT2D eigenvalue weighted by molar-refractivity contribution is 5.69. The highest BCUT2D eigenvalue weighted by Gasteiger charge is 2.27. The van der Waals surface area contributed by atoms with E-state index in [0.29, 0.717) is 0 Å². The summed E-state index contributed by atoms with van der Waals surface area (Å²) in [5.41, 5.74) is 0. The quantitative estimate of drug-likeness (QED) is 0.530. The van der Waals surface area contributed by atoms with Crippen molar-refractivity contribution in [2.45, 2.75) is 6.23 Å². The minimum absolute atomic E-state index is 0.0753. The fourth-order valence-electron chi connectivity index (χ4n) is 0.930. The molecule has 2 heterocycles. The van der Waals surface area contributed by atoms with Crippen LogP contribution < -0.4 is 0 Å². The molecule has 2 rings (SSSR count). The van der Waals surface area contributed by atoms with E-state index in [0.717, 1.165) is 6.07 Å². The molecule has 0 saturated heterocycles. The Labute approximate surface area is 76.3 Å². The van der Waals surface area contributed by atoms with E-state index in [1.54, 1.807) is 0 Å². The van der Waals surface area contributed by atoms with Crippen LogP contribution in [0.4, 0.5) is 10.7 Å². The van der Waals surface area contributed by atoms with Gasteiger partial charge in [0.1, 0.15) is 4.92 Å². The second-order valence-corrected chi connectivity index (χ2v) is 2.38. The van der Waals surface area contributed by atoms with E-state index < -0.39 is 23.1 Å². The third-order valence-corrected chi connectivity index (χ3v) is 1.49. The number of nitrogens with zero attached hydrogens (tertiary/aromatic N) is 3. The zero-order chi connectivity index (χ0) is 10.1. The van der Waals surface area contributed by atoms with Gasteiger partial charge in [0, 0.05) is 0 Å². The van der Waals surface area contributed by atoms with Crippen molar-refractivity contribution < 1.29 is 18.9 Å². The molecule has 1 aromatic heterocycles. The zero-order valence-electron chi connectivity index (χ0n) is 6.61. The second-order valence-electron chi connectivity index (χ2n) is 2.38. The van der Waals surface area contributed by atoms with Crippen LogP contribution in [0.2, 0.25) is 0 Å². The number of rotatable bonds is 2. The summed E-state index contributed by atoms with van der Waals surface area (Å²) in [5.74, 6) is -0.357. The molecule has 0 saturated carbocycles. The number of cyclic esters (lactones) is 1. The van der Waals surface area contributed by atoms with E-state index in [1.165, 1.54) is 6.07 Å². The predicted molar refractivity (Wildman–Crippen MR) is 39.4 cm³/mol. The Bertz CT molecular complexity index is 423. The summed E-state index contributed by atoms with van der Waals surface area (Å²) >= 11 is 0. The van der Waals surface area contributed by atoms with Crippen LogP contribution in [0.1, 0.15) is 12.0 Å². The number of furan rings is 1. The maximum absolute atomic E-state index is 10.5. The molecule has 0 spiro atoms. The number of nitro groups is 1. The Morgan fingerprint density at radius 3 is 2.79 bits per heavy atom. The number of azo groups is 1. The molecule has 0 aromatic carbocycles. The van der Waals surface area contributed by atoms with Gasteiger partial charge in [-0.15, -0.1) is 5.11 Å². The average Bonchev–Trinajstić information content (AvgIpc) is 2.70. The van der Waals surface area contributed by atoms with Crippen LogP contribution in [-0.2, 0) is 4.74 Å². The minimum atomic E-state index is -1.00. The van der Waals surface area contributed by atoms with E-state index in [9.17, 15) is 14.9 Å². The molecule has 8 nitrogen and oxygen atoms in total. The van der Waals surface area contributed by atoms with Crippen LogP contribution >= 0.6 is 0 Å². The van der Waals surface area contributed by atoms with Gasteiger partial charge in [-0.1, -0.05) is 5.11 Å². The van der Waals surface area contributed by atoms with E-state index in [-0.39, 0.29) is 5.76 Å². The smallest absolute Gasteiger partial charge is 0.411 e. The Hall–Kier alpha value is -2.25. The fraction of sp³-hybridized carbons (Fsp3) is 0.167. The molecule has 14 heavy (non-hydrogen) atoms. The highest BCUT2D eigenvalue weighted by atomic mass is 16.7. The van der Waals surface area contributed by atoms with Crippen molar-refractivity contribution in [2.24, 2.45) is 10.2 Å². The SMILES string of the molecule is O=C1N=NC(c2ccc([N+](=O)[O-])o2)O1. The lowest BCUT2D eigenvalue weighted by Gasteiger charge is -1.98. The van der Waals surface area contributed by atoms with Crippen LogP contribution in [0, 0.1) is 10.1 Å². The number of carbonyl (C=O) groups excluding carboxylic acids is 1. The van der Waals surface area contributed by atoms with Crippen molar-refractivity contribution in [3.63, 3.8) is 0 Å². The van der Waals surface area contributed by atoms with Crippen molar-refractivity contribution in [3.8, 4) is 0 Å². The summed E-state index contributed by atoms with van der Waals surface area (Å²) in [4.78, 5) is 20.1. The van der Waals surface area contributed by atoms with Crippen molar-refractivity contribution >= 4 is 12.0 Å². The van der Waals surface area contributed by atoms with Gasteiger partial charge in [-0.05, 0) is 6.07 Å². The van der Waals surface area contributed by atoms with Gasteiger partial charge in [0.2, 0.25) is 0 Å². The lowest BCUT2D eigenvalue weighted by atomic mass is 10.4. The third-order valence-electron chi connectivity index (χ3n) is 1.49. The van der Waals surface area contributed by atoms with Crippen LogP contribution in [-0.4, -0.2) is 11.0 Å². The van der Waals surface area contributed by atoms with Gasteiger partial charge in [0.05, 0.1) is 6.07 Å².